The lowest BCUT2D eigenvalue weighted by molar-refractivity contribution is 0.0984. The monoisotopic (exact) mass is 504 g/mol. The van der Waals surface area contributed by atoms with Gasteiger partial charge in [-0.15, -0.1) is 0 Å². The molecular weight excluding hydrogens is 472 g/mol. The fraction of sp³-hybridized carbons (Fsp3) is 0.423. The van der Waals surface area contributed by atoms with Crippen molar-refractivity contribution in [2.24, 2.45) is 0 Å². The molecule has 0 bridgehead atoms. The van der Waals surface area contributed by atoms with E-state index in [0.717, 1.165) is 42.4 Å². The van der Waals surface area contributed by atoms with Crippen LogP contribution in [0.5, 0.6) is 6.01 Å². The normalized spacial score (nSPS) is 17.2. The third kappa shape index (κ3) is 5.41. The Hall–Kier alpha value is -3.99. The van der Waals surface area contributed by atoms with Gasteiger partial charge in [-0.1, -0.05) is 0 Å². The SMILES string of the molecule is CCNC(=O)Nc1ccc(-c2nc3c(c(N4CCOC[C@@H]4C)n2)CCN(c2ccnc(OC)n2)C3)cc1. The predicted molar refractivity (Wildman–Crippen MR) is 141 cm³/mol. The summed E-state index contributed by atoms with van der Waals surface area (Å²) in [4.78, 5) is 35.2. The molecule has 3 aromatic rings. The van der Waals surface area contributed by atoms with Crippen molar-refractivity contribution >= 4 is 23.4 Å². The van der Waals surface area contributed by atoms with Gasteiger partial charge in [0.15, 0.2) is 5.82 Å². The number of nitrogens with zero attached hydrogens (tertiary/aromatic N) is 6. The summed E-state index contributed by atoms with van der Waals surface area (Å²) >= 11 is 0. The van der Waals surface area contributed by atoms with Crippen LogP contribution in [0.15, 0.2) is 36.5 Å². The Morgan fingerprint density at radius 2 is 2.00 bits per heavy atom. The van der Waals surface area contributed by atoms with E-state index in [1.807, 2.05) is 37.3 Å². The molecule has 4 heterocycles. The molecule has 2 amide bonds. The predicted octanol–water partition coefficient (Wildman–Crippen LogP) is 2.87. The highest BCUT2D eigenvalue weighted by atomic mass is 16.5. The lowest BCUT2D eigenvalue weighted by Crippen LogP contribution is -2.45. The van der Waals surface area contributed by atoms with Crippen LogP contribution in [0.25, 0.3) is 11.4 Å². The van der Waals surface area contributed by atoms with E-state index >= 15 is 0 Å². The Morgan fingerprint density at radius 1 is 1.16 bits per heavy atom. The van der Waals surface area contributed by atoms with E-state index in [1.165, 1.54) is 5.56 Å². The number of anilines is 3. The summed E-state index contributed by atoms with van der Waals surface area (Å²) in [7, 11) is 1.57. The minimum Gasteiger partial charge on any atom is -0.467 e. The van der Waals surface area contributed by atoms with E-state index in [4.69, 9.17) is 19.4 Å². The second-order valence-corrected chi connectivity index (χ2v) is 9.05. The molecule has 2 N–H and O–H groups in total. The maximum atomic E-state index is 11.9. The lowest BCUT2D eigenvalue weighted by Gasteiger charge is -2.38. The van der Waals surface area contributed by atoms with Gasteiger partial charge in [-0.3, -0.25) is 0 Å². The number of urea groups is 1. The van der Waals surface area contributed by atoms with Gasteiger partial charge in [0.2, 0.25) is 0 Å². The lowest BCUT2D eigenvalue weighted by atomic mass is 10.0. The fourth-order valence-corrected chi connectivity index (χ4v) is 4.66. The summed E-state index contributed by atoms with van der Waals surface area (Å²) in [5, 5.41) is 5.57. The molecule has 0 unspecified atom stereocenters. The molecule has 0 aliphatic carbocycles. The van der Waals surface area contributed by atoms with Crippen LogP contribution in [0.4, 0.5) is 22.1 Å². The third-order valence-corrected chi connectivity index (χ3v) is 6.55. The Labute approximate surface area is 216 Å². The van der Waals surface area contributed by atoms with Crippen LogP contribution < -0.4 is 25.2 Å². The molecule has 0 spiro atoms. The van der Waals surface area contributed by atoms with Crippen LogP contribution in [-0.4, -0.2) is 72.0 Å². The highest BCUT2D eigenvalue weighted by molar-refractivity contribution is 5.89. The quantitative estimate of drug-likeness (QED) is 0.522. The second-order valence-electron chi connectivity index (χ2n) is 9.05. The van der Waals surface area contributed by atoms with Crippen LogP contribution in [0.3, 0.4) is 0 Å². The van der Waals surface area contributed by atoms with E-state index in [-0.39, 0.29) is 12.1 Å². The smallest absolute Gasteiger partial charge is 0.319 e. The zero-order valence-electron chi connectivity index (χ0n) is 21.4. The molecule has 5 rings (SSSR count). The molecule has 11 nitrogen and oxygen atoms in total. The van der Waals surface area contributed by atoms with Crippen LogP contribution in [0.2, 0.25) is 0 Å². The van der Waals surface area contributed by atoms with Crippen molar-refractivity contribution in [3.05, 3.63) is 47.8 Å². The van der Waals surface area contributed by atoms with Gasteiger partial charge in [-0.2, -0.15) is 4.98 Å². The Morgan fingerprint density at radius 3 is 2.76 bits per heavy atom. The molecular formula is C26H32N8O3. The number of nitrogens with one attached hydrogen (secondary N) is 2. The summed E-state index contributed by atoms with van der Waals surface area (Å²) in [5.41, 5.74) is 3.74. The van der Waals surface area contributed by atoms with Crippen molar-refractivity contribution in [3.8, 4) is 17.4 Å². The zero-order valence-corrected chi connectivity index (χ0v) is 21.4. The van der Waals surface area contributed by atoms with Crippen LogP contribution >= 0.6 is 0 Å². The molecule has 0 saturated carbocycles. The van der Waals surface area contributed by atoms with Gasteiger partial charge in [0.05, 0.1) is 38.6 Å². The highest BCUT2D eigenvalue weighted by Gasteiger charge is 2.29. The molecule has 1 fully saturated rings. The molecule has 1 atom stereocenters. The van der Waals surface area contributed by atoms with Crippen molar-refractivity contribution in [3.63, 3.8) is 0 Å². The first-order chi connectivity index (χ1) is 18.1. The molecule has 37 heavy (non-hydrogen) atoms. The van der Waals surface area contributed by atoms with Gasteiger partial charge >= 0.3 is 12.0 Å². The Balaban J connectivity index is 1.49. The van der Waals surface area contributed by atoms with E-state index in [1.54, 1.807) is 13.3 Å². The number of methoxy groups -OCH3 is 1. The fourth-order valence-electron chi connectivity index (χ4n) is 4.66. The molecule has 1 aromatic carbocycles. The van der Waals surface area contributed by atoms with Gasteiger partial charge in [0.25, 0.3) is 0 Å². The van der Waals surface area contributed by atoms with Crippen molar-refractivity contribution in [2.45, 2.75) is 32.9 Å². The average Bonchev–Trinajstić information content (AvgIpc) is 2.93. The largest absolute Gasteiger partial charge is 0.467 e. The summed E-state index contributed by atoms with van der Waals surface area (Å²) in [6, 6.07) is 9.82. The third-order valence-electron chi connectivity index (χ3n) is 6.55. The van der Waals surface area contributed by atoms with Gasteiger partial charge in [0, 0.05) is 42.6 Å². The van der Waals surface area contributed by atoms with E-state index in [2.05, 4.69) is 37.3 Å². The molecule has 1 saturated heterocycles. The summed E-state index contributed by atoms with van der Waals surface area (Å²) in [6.07, 6.45) is 2.51. The number of rotatable bonds is 6. The van der Waals surface area contributed by atoms with E-state index in [0.29, 0.717) is 43.8 Å². The zero-order chi connectivity index (χ0) is 25.8. The van der Waals surface area contributed by atoms with E-state index < -0.39 is 0 Å². The molecule has 2 aromatic heterocycles. The maximum absolute atomic E-state index is 11.9. The maximum Gasteiger partial charge on any atom is 0.319 e. The molecule has 2 aliphatic rings. The first-order valence-electron chi connectivity index (χ1n) is 12.6. The summed E-state index contributed by atoms with van der Waals surface area (Å²) in [5.74, 6) is 2.43. The topological polar surface area (TPSA) is 118 Å². The first kappa shape index (κ1) is 24.7. The number of morpholine rings is 1. The number of carbonyl (C=O) groups excluding carboxylic acids is 1. The highest BCUT2D eigenvalue weighted by Crippen LogP contribution is 2.33. The van der Waals surface area contributed by atoms with Crippen LogP contribution in [-0.2, 0) is 17.7 Å². The number of hydrogen-bond acceptors (Lipinski definition) is 9. The van der Waals surface area contributed by atoms with Gasteiger partial charge in [0.1, 0.15) is 11.6 Å². The average molecular weight is 505 g/mol. The van der Waals surface area contributed by atoms with Crippen molar-refractivity contribution in [2.75, 3.05) is 55.1 Å². The van der Waals surface area contributed by atoms with Crippen molar-refractivity contribution in [1.29, 1.82) is 0 Å². The summed E-state index contributed by atoms with van der Waals surface area (Å²) < 4.78 is 10.9. The number of carbonyl (C=O) groups is 1. The second kappa shape index (κ2) is 11.0. The summed E-state index contributed by atoms with van der Waals surface area (Å²) in [6.45, 7) is 8.13. The van der Waals surface area contributed by atoms with Gasteiger partial charge < -0.3 is 29.9 Å². The Kier molecular flexibility index (Phi) is 7.31. The number of fused-ring (bicyclic) bond motifs is 1. The number of ether oxygens (including phenoxy) is 2. The van der Waals surface area contributed by atoms with Crippen LogP contribution in [0, 0.1) is 0 Å². The number of amides is 2. The van der Waals surface area contributed by atoms with Gasteiger partial charge in [-0.25, -0.2) is 19.7 Å². The van der Waals surface area contributed by atoms with Crippen molar-refractivity contribution in [1.82, 2.24) is 25.3 Å². The Bertz CT molecular complexity index is 1250. The van der Waals surface area contributed by atoms with Crippen molar-refractivity contribution < 1.29 is 14.3 Å². The number of hydrogen-bond donors (Lipinski definition) is 2. The molecule has 11 heteroatoms. The van der Waals surface area contributed by atoms with Crippen LogP contribution in [0.1, 0.15) is 25.1 Å². The number of aromatic nitrogens is 4. The number of benzene rings is 1. The standard InChI is InChI=1S/C26H32N8O3/c1-4-27-25(35)29-19-7-5-18(6-8-19)23-30-21-15-33(22-9-11-28-26(31-22)36-3)12-10-20(21)24(32-23)34-13-14-37-16-17(34)2/h5-9,11,17H,4,10,12-16H2,1-3H3,(H2,27,29,35)/t17-/m0/s1. The minimum absolute atomic E-state index is 0.216. The molecule has 194 valence electrons. The molecule has 2 aliphatic heterocycles. The van der Waals surface area contributed by atoms with E-state index in [9.17, 15) is 4.79 Å². The minimum atomic E-state index is -0.231. The van der Waals surface area contributed by atoms with Gasteiger partial charge in [-0.05, 0) is 50.6 Å². The molecule has 0 radical (unpaired) electrons. The first-order valence-corrected chi connectivity index (χ1v) is 12.6.